The first-order valence-electron chi connectivity index (χ1n) is 6.79. The van der Waals surface area contributed by atoms with Gasteiger partial charge < -0.3 is 5.73 Å². The molecule has 3 N–H and O–H groups in total. The number of hydrogen-bond donors (Lipinski definition) is 2. The second-order valence-electron chi connectivity index (χ2n) is 5.24. The lowest BCUT2D eigenvalue weighted by molar-refractivity contribution is 0.260. The van der Waals surface area contributed by atoms with Gasteiger partial charge in [-0.2, -0.15) is 5.10 Å². The topological polar surface area (TPSA) is 90.0 Å². The van der Waals surface area contributed by atoms with Gasteiger partial charge in [0.25, 0.3) is 0 Å². The number of aryl methyl sites for hydroxylation is 1. The van der Waals surface area contributed by atoms with E-state index < -0.39 is 10.0 Å². The van der Waals surface area contributed by atoms with E-state index in [0.717, 1.165) is 19.3 Å². The fourth-order valence-corrected chi connectivity index (χ4v) is 3.70. The van der Waals surface area contributed by atoms with Crippen molar-refractivity contribution in [2.45, 2.75) is 57.0 Å². The van der Waals surface area contributed by atoms with Crippen molar-refractivity contribution < 1.29 is 8.42 Å². The summed E-state index contributed by atoms with van der Waals surface area (Å²) >= 11 is 0. The zero-order chi connectivity index (χ0) is 14.0. The Hall–Kier alpha value is -1.08. The van der Waals surface area contributed by atoms with Crippen LogP contribution in [0.3, 0.4) is 0 Å². The summed E-state index contributed by atoms with van der Waals surface area (Å²) in [5.41, 5.74) is 5.70. The van der Waals surface area contributed by atoms with Crippen LogP contribution in [0.25, 0.3) is 0 Å². The van der Waals surface area contributed by atoms with E-state index >= 15 is 0 Å². The lowest BCUT2D eigenvalue weighted by atomic mass is 9.81. The number of nitrogen functional groups attached to an aromatic ring is 1. The summed E-state index contributed by atoms with van der Waals surface area (Å²) < 4.78 is 28.9. The van der Waals surface area contributed by atoms with Crippen LogP contribution in [-0.4, -0.2) is 24.2 Å². The molecule has 6 nitrogen and oxygen atoms in total. The van der Waals surface area contributed by atoms with Crippen LogP contribution in [0.4, 0.5) is 5.82 Å². The number of nitrogens with one attached hydrogen (secondary N) is 1. The Morgan fingerprint density at radius 2 is 2.26 bits per heavy atom. The summed E-state index contributed by atoms with van der Waals surface area (Å²) in [7, 11) is -3.57. The molecule has 0 bridgehead atoms. The van der Waals surface area contributed by atoms with E-state index in [0.29, 0.717) is 12.5 Å². The van der Waals surface area contributed by atoms with Crippen molar-refractivity contribution in [3.63, 3.8) is 0 Å². The molecule has 1 heterocycles. The second kappa shape index (κ2) is 5.50. The monoisotopic (exact) mass is 286 g/mol. The van der Waals surface area contributed by atoms with Crippen LogP contribution in [0.15, 0.2) is 11.1 Å². The Morgan fingerprint density at radius 3 is 2.79 bits per heavy atom. The second-order valence-corrected chi connectivity index (χ2v) is 6.93. The molecule has 7 heteroatoms. The minimum atomic E-state index is -3.57. The Morgan fingerprint density at radius 1 is 1.58 bits per heavy atom. The summed E-state index contributed by atoms with van der Waals surface area (Å²) in [6, 6.07) is -0.0484. The Labute approximate surface area is 114 Å². The van der Waals surface area contributed by atoms with Crippen molar-refractivity contribution in [2.24, 2.45) is 5.92 Å². The Kier molecular flexibility index (Phi) is 4.15. The van der Waals surface area contributed by atoms with Gasteiger partial charge in [-0.1, -0.05) is 13.3 Å². The molecule has 1 atom stereocenters. The normalized spacial score (nSPS) is 18.2. The van der Waals surface area contributed by atoms with Gasteiger partial charge in [0.15, 0.2) is 5.82 Å². The molecule has 108 valence electrons. The van der Waals surface area contributed by atoms with Gasteiger partial charge in [-0.3, -0.25) is 4.68 Å². The summed E-state index contributed by atoms with van der Waals surface area (Å²) in [4.78, 5) is 0.0899. The molecule has 0 spiro atoms. The molecule has 1 aromatic heterocycles. The fraction of sp³-hybridized carbons (Fsp3) is 0.750. The van der Waals surface area contributed by atoms with E-state index in [4.69, 9.17) is 5.73 Å². The van der Waals surface area contributed by atoms with Gasteiger partial charge in [0.1, 0.15) is 4.90 Å². The van der Waals surface area contributed by atoms with Gasteiger partial charge in [0, 0.05) is 18.8 Å². The van der Waals surface area contributed by atoms with Crippen molar-refractivity contribution in [2.75, 3.05) is 5.73 Å². The highest BCUT2D eigenvalue weighted by Gasteiger charge is 2.29. The SMILES string of the molecule is CCCn1cc(S(=O)(=O)NC(C)C2CCC2)c(N)n1. The molecule has 1 aliphatic rings. The van der Waals surface area contributed by atoms with Crippen molar-refractivity contribution in [3.05, 3.63) is 6.20 Å². The van der Waals surface area contributed by atoms with Gasteiger partial charge in [-0.25, -0.2) is 13.1 Å². The molecule has 0 amide bonds. The molecule has 19 heavy (non-hydrogen) atoms. The van der Waals surface area contributed by atoms with Gasteiger partial charge in [0.2, 0.25) is 10.0 Å². The van der Waals surface area contributed by atoms with E-state index in [-0.39, 0.29) is 16.8 Å². The van der Waals surface area contributed by atoms with Crippen molar-refractivity contribution in [1.82, 2.24) is 14.5 Å². The maximum absolute atomic E-state index is 12.3. The van der Waals surface area contributed by atoms with Gasteiger partial charge in [-0.05, 0) is 32.1 Å². The quantitative estimate of drug-likeness (QED) is 0.825. The summed E-state index contributed by atoms with van der Waals surface area (Å²) in [6.07, 6.45) is 5.76. The van der Waals surface area contributed by atoms with Crippen molar-refractivity contribution in [3.8, 4) is 0 Å². The summed E-state index contributed by atoms with van der Waals surface area (Å²) in [5, 5.41) is 4.03. The van der Waals surface area contributed by atoms with Crippen molar-refractivity contribution in [1.29, 1.82) is 0 Å². The van der Waals surface area contributed by atoms with Crippen molar-refractivity contribution >= 4 is 15.8 Å². The fourth-order valence-electron chi connectivity index (χ4n) is 2.31. The molecule has 0 radical (unpaired) electrons. The molecule has 1 fully saturated rings. The third kappa shape index (κ3) is 3.09. The first-order valence-corrected chi connectivity index (χ1v) is 8.27. The van der Waals surface area contributed by atoms with E-state index in [9.17, 15) is 8.42 Å². The van der Waals surface area contributed by atoms with Gasteiger partial charge in [0.05, 0.1) is 0 Å². The highest BCUT2D eigenvalue weighted by atomic mass is 32.2. The highest BCUT2D eigenvalue weighted by Crippen LogP contribution is 2.30. The average Bonchev–Trinajstić information content (AvgIpc) is 2.57. The third-order valence-corrected chi connectivity index (χ3v) is 5.27. The zero-order valence-electron chi connectivity index (χ0n) is 11.5. The standard InChI is InChI=1S/C12H22N4O2S/c1-3-7-16-8-11(12(13)14-16)19(17,18)15-9(2)10-5-4-6-10/h8-10,15H,3-7H2,1-2H3,(H2,13,14). The van der Waals surface area contributed by atoms with Gasteiger partial charge >= 0.3 is 0 Å². The predicted octanol–water partition coefficient (Wildman–Crippen LogP) is 1.34. The number of hydrogen-bond acceptors (Lipinski definition) is 4. The zero-order valence-corrected chi connectivity index (χ0v) is 12.3. The minimum Gasteiger partial charge on any atom is -0.381 e. The van der Waals surface area contributed by atoms with Crippen LogP contribution >= 0.6 is 0 Å². The number of anilines is 1. The number of rotatable bonds is 6. The van der Waals surface area contributed by atoms with Crippen LogP contribution in [0.2, 0.25) is 0 Å². The largest absolute Gasteiger partial charge is 0.381 e. The molecule has 1 saturated carbocycles. The summed E-state index contributed by atoms with van der Waals surface area (Å²) in [5.74, 6) is 0.517. The lowest BCUT2D eigenvalue weighted by Crippen LogP contribution is -2.40. The molecular formula is C12H22N4O2S. The van der Waals surface area contributed by atoms with E-state index in [2.05, 4.69) is 9.82 Å². The summed E-state index contributed by atoms with van der Waals surface area (Å²) in [6.45, 7) is 4.58. The predicted molar refractivity (Wildman–Crippen MR) is 74.1 cm³/mol. The Bertz CT molecular complexity index is 534. The van der Waals surface area contributed by atoms with Crippen LogP contribution in [0.1, 0.15) is 39.5 Å². The highest BCUT2D eigenvalue weighted by molar-refractivity contribution is 7.89. The van der Waals surface area contributed by atoms with Gasteiger partial charge in [-0.15, -0.1) is 0 Å². The lowest BCUT2D eigenvalue weighted by Gasteiger charge is -2.31. The van der Waals surface area contributed by atoms with E-state index in [1.807, 2.05) is 13.8 Å². The molecule has 1 aromatic rings. The maximum atomic E-state index is 12.3. The molecule has 0 aromatic carbocycles. The Balaban J connectivity index is 2.14. The number of aromatic nitrogens is 2. The molecule has 1 unspecified atom stereocenters. The molecular weight excluding hydrogens is 264 g/mol. The maximum Gasteiger partial charge on any atom is 0.246 e. The van der Waals surface area contributed by atoms with Crippen LogP contribution in [-0.2, 0) is 16.6 Å². The molecule has 1 aliphatic carbocycles. The first kappa shape index (κ1) is 14.3. The van der Waals surface area contributed by atoms with E-state index in [1.165, 1.54) is 12.6 Å². The van der Waals surface area contributed by atoms with Crippen LogP contribution in [0.5, 0.6) is 0 Å². The molecule has 0 saturated heterocycles. The minimum absolute atomic E-state index is 0.0484. The molecule has 2 rings (SSSR count). The number of nitrogens with zero attached hydrogens (tertiary/aromatic N) is 2. The first-order chi connectivity index (χ1) is 8.94. The van der Waals surface area contributed by atoms with E-state index in [1.54, 1.807) is 4.68 Å². The number of sulfonamides is 1. The average molecular weight is 286 g/mol. The molecule has 0 aliphatic heterocycles. The number of nitrogens with two attached hydrogens (primary N) is 1. The smallest absolute Gasteiger partial charge is 0.246 e. The van der Waals surface area contributed by atoms with Crippen LogP contribution in [0, 0.1) is 5.92 Å². The van der Waals surface area contributed by atoms with Crippen LogP contribution < -0.4 is 10.5 Å². The third-order valence-electron chi connectivity index (χ3n) is 3.70.